The first-order valence-corrected chi connectivity index (χ1v) is 14.9. The molecule has 219 valence electrons. The number of carbonyl (C=O) groups excluding carboxylic acids is 1. The van der Waals surface area contributed by atoms with Crippen molar-refractivity contribution in [1.82, 2.24) is 33.9 Å². The molecule has 2 aliphatic rings. The number of anilines is 1. The molecule has 0 bridgehead atoms. The molecule has 1 fully saturated rings. The predicted octanol–water partition coefficient (Wildman–Crippen LogP) is 4.39. The van der Waals surface area contributed by atoms with E-state index in [9.17, 15) is 4.79 Å². The summed E-state index contributed by atoms with van der Waals surface area (Å²) in [4.78, 5) is 27.5. The van der Waals surface area contributed by atoms with Gasteiger partial charge >= 0.3 is 0 Å². The van der Waals surface area contributed by atoms with E-state index in [1.165, 1.54) is 11.1 Å². The molecule has 43 heavy (non-hydrogen) atoms. The number of fused-ring (bicyclic) bond motifs is 2. The van der Waals surface area contributed by atoms with E-state index in [-0.39, 0.29) is 5.91 Å². The molecule has 4 aromatic heterocycles. The second-order valence-electron chi connectivity index (χ2n) is 11.2. The van der Waals surface area contributed by atoms with Crippen molar-refractivity contribution >= 4 is 33.7 Å². The van der Waals surface area contributed by atoms with Crippen molar-refractivity contribution < 1.29 is 9.53 Å². The molecule has 1 aromatic carbocycles. The molecule has 0 saturated carbocycles. The zero-order valence-corrected chi connectivity index (χ0v) is 24.5. The van der Waals surface area contributed by atoms with Gasteiger partial charge in [0.15, 0.2) is 0 Å². The molecule has 1 saturated heterocycles. The van der Waals surface area contributed by atoms with Crippen molar-refractivity contribution in [3.8, 4) is 5.88 Å². The Labute approximate surface area is 250 Å². The first-order valence-electron chi connectivity index (χ1n) is 14.9. The maximum atomic E-state index is 13.4. The fourth-order valence-electron chi connectivity index (χ4n) is 5.73. The molecule has 1 aliphatic heterocycles. The minimum absolute atomic E-state index is 0.225. The van der Waals surface area contributed by atoms with E-state index in [4.69, 9.17) is 4.74 Å². The van der Waals surface area contributed by atoms with Crippen LogP contribution in [0.25, 0.3) is 22.1 Å². The van der Waals surface area contributed by atoms with Crippen molar-refractivity contribution in [3.63, 3.8) is 0 Å². The van der Waals surface area contributed by atoms with Gasteiger partial charge in [0.1, 0.15) is 11.3 Å². The number of benzene rings is 1. The number of pyridine rings is 2. The first kappa shape index (κ1) is 27.3. The van der Waals surface area contributed by atoms with Crippen molar-refractivity contribution in [1.29, 1.82) is 0 Å². The Kier molecular flexibility index (Phi) is 7.38. The van der Waals surface area contributed by atoms with Crippen LogP contribution in [-0.4, -0.2) is 86.2 Å². The summed E-state index contributed by atoms with van der Waals surface area (Å²) in [5.41, 5.74) is 7.54. The van der Waals surface area contributed by atoms with Crippen LogP contribution >= 0.6 is 0 Å². The smallest absolute Gasteiger partial charge is 0.274 e. The summed E-state index contributed by atoms with van der Waals surface area (Å²) >= 11 is 0. The lowest BCUT2D eigenvalue weighted by Gasteiger charge is -2.32. The molecule has 7 rings (SSSR count). The number of nitrogens with zero attached hydrogens (tertiary/aromatic N) is 7. The zero-order valence-electron chi connectivity index (χ0n) is 24.5. The van der Waals surface area contributed by atoms with Gasteiger partial charge in [0.25, 0.3) is 5.91 Å². The molecule has 1 radical (unpaired) electrons. The summed E-state index contributed by atoms with van der Waals surface area (Å²) in [6.45, 7) is 8.65. The topological polar surface area (TPSA) is 92.8 Å². The monoisotopic (exact) mass is 575 g/mol. The Morgan fingerprint density at radius 2 is 1.91 bits per heavy atom. The van der Waals surface area contributed by atoms with Gasteiger partial charge in [-0.15, -0.1) is 0 Å². The number of carbonyl (C=O) groups is 1. The molecule has 5 aromatic rings. The van der Waals surface area contributed by atoms with E-state index >= 15 is 0 Å². The van der Waals surface area contributed by atoms with E-state index in [0.29, 0.717) is 30.4 Å². The Balaban J connectivity index is 1.04. The summed E-state index contributed by atoms with van der Waals surface area (Å²) in [6, 6.07) is 15.6. The number of piperazine rings is 1. The Hall–Kier alpha value is -4.54. The van der Waals surface area contributed by atoms with E-state index in [1.54, 1.807) is 12.4 Å². The highest BCUT2D eigenvalue weighted by Gasteiger charge is 2.25. The van der Waals surface area contributed by atoms with Crippen LogP contribution in [0.2, 0.25) is 0 Å². The number of hydrogen-bond acceptors (Lipinski definition) is 7. The van der Waals surface area contributed by atoms with Crippen molar-refractivity contribution in [2.75, 3.05) is 51.7 Å². The Bertz CT molecular complexity index is 1830. The highest BCUT2D eigenvalue weighted by molar-refractivity contribution is 6.08. The Morgan fingerprint density at radius 1 is 1.05 bits per heavy atom. The predicted molar refractivity (Wildman–Crippen MR) is 167 cm³/mol. The zero-order chi connectivity index (χ0) is 29.3. The number of imidazole rings is 1. The van der Waals surface area contributed by atoms with E-state index < -0.39 is 0 Å². The van der Waals surface area contributed by atoms with Crippen LogP contribution in [0, 0.1) is 6.42 Å². The third-order valence-corrected chi connectivity index (χ3v) is 8.25. The second kappa shape index (κ2) is 11.6. The van der Waals surface area contributed by atoms with E-state index in [1.807, 2.05) is 58.6 Å². The minimum atomic E-state index is -0.225. The first-order chi connectivity index (χ1) is 21.1. The summed E-state index contributed by atoms with van der Waals surface area (Å²) in [5, 5.41) is 8.52. The number of nitrogens with one attached hydrogen (secondary N) is 1. The molecule has 10 nitrogen and oxygen atoms in total. The van der Waals surface area contributed by atoms with Crippen LogP contribution in [0.15, 0.2) is 72.7 Å². The summed E-state index contributed by atoms with van der Waals surface area (Å²) in [7, 11) is 2.19. The lowest BCUT2D eigenvalue weighted by molar-refractivity contribution is 0.102. The molecule has 0 atom stereocenters. The van der Waals surface area contributed by atoms with Gasteiger partial charge in [0.05, 0.1) is 42.4 Å². The SMILES string of the molecule is CCOc1cccc(Cn2ncc3c(NC(=O)c4cnc5cc(C6=C(CCN7CCN(C)CC7)[CH]6)ccn45)cccc32)n1. The lowest BCUT2D eigenvalue weighted by Crippen LogP contribution is -2.44. The lowest BCUT2D eigenvalue weighted by atomic mass is 10.2. The van der Waals surface area contributed by atoms with Crippen molar-refractivity contribution in [2.24, 2.45) is 0 Å². The quantitative estimate of drug-likeness (QED) is 0.264. The van der Waals surface area contributed by atoms with Crippen LogP contribution in [-0.2, 0) is 6.54 Å². The van der Waals surface area contributed by atoms with Gasteiger partial charge < -0.3 is 19.9 Å². The van der Waals surface area contributed by atoms with Crippen LogP contribution < -0.4 is 10.1 Å². The number of allylic oxidation sites excluding steroid dienone is 1. The van der Waals surface area contributed by atoms with Crippen LogP contribution in [0.3, 0.4) is 0 Å². The number of aromatic nitrogens is 5. The highest BCUT2D eigenvalue weighted by atomic mass is 16.5. The second-order valence-corrected chi connectivity index (χ2v) is 11.2. The molecule has 0 spiro atoms. The minimum Gasteiger partial charge on any atom is -0.478 e. The summed E-state index contributed by atoms with van der Waals surface area (Å²) in [5.74, 6) is 0.370. The fraction of sp³-hybridized carbons (Fsp3) is 0.303. The van der Waals surface area contributed by atoms with Gasteiger partial charge in [-0.25, -0.2) is 9.97 Å². The molecule has 10 heteroatoms. The molecule has 5 heterocycles. The third-order valence-electron chi connectivity index (χ3n) is 8.25. The van der Waals surface area contributed by atoms with Crippen molar-refractivity contribution in [2.45, 2.75) is 19.9 Å². The average Bonchev–Trinajstić information content (AvgIpc) is 3.48. The van der Waals surface area contributed by atoms with Crippen LogP contribution in [0.4, 0.5) is 5.69 Å². The normalized spacial score (nSPS) is 15.9. The third kappa shape index (κ3) is 5.76. The fourth-order valence-corrected chi connectivity index (χ4v) is 5.73. The van der Waals surface area contributed by atoms with Gasteiger partial charge in [-0.3, -0.25) is 13.9 Å². The summed E-state index contributed by atoms with van der Waals surface area (Å²) < 4.78 is 9.26. The molecule has 1 N–H and O–H groups in total. The Morgan fingerprint density at radius 3 is 2.77 bits per heavy atom. The highest BCUT2D eigenvalue weighted by Crippen LogP contribution is 2.41. The molecule has 1 amide bonds. The van der Waals surface area contributed by atoms with Gasteiger partial charge in [0.2, 0.25) is 5.88 Å². The van der Waals surface area contributed by atoms with Gasteiger partial charge in [-0.05, 0) is 61.9 Å². The average molecular weight is 576 g/mol. The van der Waals surface area contributed by atoms with Crippen molar-refractivity contribution in [3.05, 3.63) is 96.1 Å². The van der Waals surface area contributed by atoms with E-state index in [2.05, 4.69) is 55.8 Å². The molecule has 1 aliphatic carbocycles. The molecular formula is C33H35N8O2. The largest absolute Gasteiger partial charge is 0.478 e. The number of likely N-dealkylation sites (N-methyl/N-ethyl adjacent to an activating group) is 1. The standard InChI is InChI=1S/C33H35N8O2/c1-3-43-32-9-4-6-25(36-32)22-41-29-8-5-7-28(27(29)20-35-41)37-33(42)30-21-34-31-19-24(11-13-40(30)31)26-18-23(26)10-12-39-16-14-38(2)15-17-39/h4-9,11,13,18-21H,3,10,12,14-17,22H2,1-2H3,(H,37,42). The number of hydrogen-bond donors (Lipinski definition) is 1. The number of amides is 1. The maximum absolute atomic E-state index is 13.4. The summed E-state index contributed by atoms with van der Waals surface area (Å²) in [6.07, 6.45) is 8.69. The number of ether oxygens (including phenoxy) is 1. The molecular weight excluding hydrogens is 540 g/mol. The van der Waals surface area contributed by atoms with Gasteiger partial charge in [0, 0.05) is 56.8 Å². The molecule has 0 unspecified atom stereocenters. The van der Waals surface area contributed by atoms with E-state index in [0.717, 1.165) is 67.0 Å². The van der Waals surface area contributed by atoms with Crippen LogP contribution in [0.5, 0.6) is 5.88 Å². The maximum Gasteiger partial charge on any atom is 0.274 e. The van der Waals surface area contributed by atoms with Gasteiger partial charge in [-0.1, -0.05) is 17.7 Å². The van der Waals surface area contributed by atoms with Crippen LogP contribution in [0.1, 0.15) is 35.1 Å². The number of rotatable bonds is 10. The van der Waals surface area contributed by atoms with Gasteiger partial charge in [-0.2, -0.15) is 5.10 Å².